The number of hydrogen-bond acceptors (Lipinski definition) is 4. The highest BCUT2D eigenvalue weighted by atomic mass is 16.6. The zero-order chi connectivity index (χ0) is 21.1. The first-order valence-corrected chi connectivity index (χ1v) is 10.3. The molecule has 1 aromatic heterocycles. The van der Waals surface area contributed by atoms with Crippen molar-refractivity contribution in [3.63, 3.8) is 0 Å². The molecule has 1 aromatic carbocycles. The van der Waals surface area contributed by atoms with Crippen molar-refractivity contribution in [3.8, 4) is 0 Å². The van der Waals surface area contributed by atoms with Crippen LogP contribution in [0.25, 0.3) is 10.9 Å². The van der Waals surface area contributed by atoms with E-state index in [4.69, 9.17) is 4.74 Å². The molecular weight excluding hydrogens is 368 g/mol. The van der Waals surface area contributed by atoms with Gasteiger partial charge in [-0.3, -0.25) is 9.48 Å². The van der Waals surface area contributed by atoms with E-state index < -0.39 is 5.60 Å². The van der Waals surface area contributed by atoms with Gasteiger partial charge >= 0.3 is 6.09 Å². The van der Waals surface area contributed by atoms with E-state index in [1.165, 1.54) is 5.56 Å². The molecule has 1 N–H and O–H groups in total. The Kier molecular flexibility index (Phi) is 4.59. The van der Waals surface area contributed by atoms with Crippen molar-refractivity contribution in [2.45, 2.75) is 46.3 Å². The average molecular weight is 399 g/mol. The topological polar surface area (TPSA) is 76.5 Å². The van der Waals surface area contributed by atoms with Gasteiger partial charge in [0.05, 0.1) is 17.3 Å². The number of ether oxygens (including phenoxy) is 1. The third-order valence-electron chi connectivity index (χ3n) is 6.01. The fraction of sp³-hybridized carbons (Fsp3) is 0.591. The zero-order valence-corrected chi connectivity index (χ0v) is 18.0. The fourth-order valence-electron chi connectivity index (χ4n) is 4.65. The first-order chi connectivity index (χ1) is 13.6. The molecule has 29 heavy (non-hydrogen) atoms. The number of carbonyl (C=O) groups excluding carboxylic acids is 2. The molecule has 156 valence electrons. The Bertz CT molecular complexity index is 962. The lowest BCUT2D eigenvalue weighted by atomic mass is 10.1. The molecule has 0 radical (unpaired) electrons. The molecule has 2 heterocycles. The quantitative estimate of drug-likeness (QED) is 0.862. The molecule has 1 saturated carbocycles. The van der Waals surface area contributed by atoms with Crippen LogP contribution in [0.4, 0.5) is 4.79 Å². The molecule has 0 spiro atoms. The van der Waals surface area contributed by atoms with Gasteiger partial charge in [0.15, 0.2) is 0 Å². The number of para-hydroxylation sites is 1. The summed E-state index contributed by atoms with van der Waals surface area (Å²) in [5.41, 5.74) is 2.65. The third-order valence-corrected chi connectivity index (χ3v) is 6.01. The van der Waals surface area contributed by atoms with Gasteiger partial charge < -0.3 is 15.0 Å². The van der Waals surface area contributed by atoms with Crippen LogP contribution >= 0.6 is 0 Å². The molecule has 1 aliphatic heterocycles. The zero-order valence-electron chi connectivity index (χ0n) is 18.0. The van der Waals surface area contributed by atoms with Crippen LogP contribution in [0.2, 0.25) is 0 Å². The molecule has 1 aliphatic carbocycles. The lowest BCUT2D eigenvalue weighted by Gasteiger charge is -2.26. The SMILES string of the molecule is Cc1cccc2c(C(C)NC(=O)C3[C@H]4CN(C(=O)OC(C)(C)C)C[C@@H]34)nn(C)c12. The van der Waals surface area contributed by atoms with E-state index in [9.17, 15) is 9.59 Å². The van der Waals surface area contributed by atoms with Gasteiger partial charge in [0.25, 0.3) is 0 Å². The molecule has 1 saturated heterocycles. The molecule has 2 unspecified atom stereocenters. The number of nitrogens with one attached hydrogen (secondary N) is 1. The van der Waals surface area contributed by atoms with Crippen molar-refractivity contribution in [2.75, 3.05) is 13.1 Å². The number of benzene rings is 1. The van der Waals surface area contributed by atoms with Crippen LogP contribution in [0.3, 0.4) is 0 Å². The highest BCUT2D eigenvalue weighted by Crippen LogP contribution is 2.52. The summed E-state index contributed by atoms with van der Waals surface area (Å²) in [7, 11) is 1.93. The van der Waals surface area contributed by atoms with Gasteiger partial charge in [0.2, 0.25) is 5.91 Å². The summed E-state index contributed by atoms with van der Waals surface area (Å²) >= 11 is 0. The molecule has 4 rings (SSSR count). The maximum absolute atomic E-state index is 12.8. The standard InChI is InChI=1S/C22H30N4O3/c1-12-8-7-9-14-18(24-25(6)19(12)14)13(2)23-20(27)17-15-10-26(11-16(15)17)21(28)29-22(3,4)5/h7-9,13,15-17H,10-11H2,1-6H3,(H,23,27)/t13?,15-,16+,17?. The van der Waals surface area contributed by atoms with Gasteiger partial charge in [-0.25, -0.2) is 4.79 Å². The number of aryl methyl sites for hydroxylation is 2. The summed E-state index contributed by atoms with van der Waals surface area (Å²) < 4.78 is 7.32. The van der Waals surface area contributed by atoms with Crippen molar-refractivity contribution in [1.29, 1.82) is 0 Å². The Morgan fingerprint density at radius 2 is 1.90 bits per heavy atom. The Morgan fingerprint density at radius 3 is 2.52 bits per heavy atom. The fourth-order valence-corrected chi connectivity index (χ4v) is 4.65. The number of rotatable bonds is 3. The Morgan fingerprint density at radius 1 is 1.24 bits per heavy atom. The smallest absolute Gasteiger partial charge is 0.410 e. The number of aromatic nitrogens is 2. The van der Waals surface area contributed by atoms with Gasteiger partial charge in [-0.1, -0.05) is 18.2 Å². The second-order valence-electron chi connectivity index (χ2n) is 9.45. The Hall–Kier alpha value is -2.57. The molecule has 2 aromatic rings. The Balaban J connectivity index is 1.38. The van der Waals surface area contributed by atoms with Crippen LogP contribution in [0.5, 0.6) is 0 Å². The summed E-state index contributed by atoms with van der Waals surface area (Å²) in [6.45, 7) is 10.8. The summed E-state index contributed by atoms with van der Waals surface area (Å²) in [5.74, 6) is 0.505. The van der Waals surface area contributed by atoms with Crippen LogP contribution in [-0.4, -0.2) is 45.4 Å². The number of piperidine rings is 1. The van der Waals surface area contributed by atoms with Crippen molar-refractivity contribution in [3.05, 3.63) is 29.5 Å². The third kappa shape index (κ3) is 3.58. The maximum Gasteiger partial charge on any atom is 0.410 e. The average Bonchev–Trinajstić information content (AvgIpc) is 2.95. The van der Waals surface area contributed by atoms with Crippen LogP contribution in [0.15, 0.2) is 18.2 Å². The molecule has 7 heteroatoms. The molecule has 7 nitrogen and oxygen atoms in total. The predicted octanol–water partition coefficient (Wildman–Crippen LogP) is 3.17. The van der Waals surface area contributed by atoms with Gasteiger partial charge in [-0.2, -0.15) is 5.10 Å². The second kappa shape index (κ2) is 6.75. The molecule has 0 bridgehead atoms. The molecule has 2 amide bonds. The normalized spacial score (nSPS) is 24.3. The van der Waals surface area contributed by atoms with Gasteiger partial charge in [0, 0.05) is 31.4 Å². The number of carbonyl (C=O) groups is 2. The van der Waals surface area contributed by atoms with Gasteiger partial charge in [-0.15, -0.1) is 0 Å². The van der Waals surface area contributed by atoms with Crippen LogP contribution < -0.4 is 5.32 Å². The minimum atomic E-state index is -0.500. The lowest BCUT2D eigenvalue weighted by Crippen LogP contribution is -2.39. The van der Waals surface area contributed by atoms with Crippen molar-refractivity contribution in [1.82, 2.24) is 20.0 Å². The van der Waals surface area contributed by atoms with E-state index in [0.717, 1.165) is 16.6 Å². The summed E-state index contributed by atoms with van der Waals surface area (Å²) in [6.07, 6.45) is -0.285. The van der Waals surface area contributed by atoms with Gasteiger partial charge in [0.1, 0.15) is 5.60 Å². The number of fused-ring (bicyclic) bond motifs is 2. The minimum Gasteiger partial charge on any atom is -0.444 e. The molecule has 4 atom stereocenters. The second-order valence-corrected chi connectivity index (χ2v) is 9.45. The van der Waals surface area contributed by atoms with Crippen LogP contribution in [0, 0.1) is 24.7 Å². The summed E-state index contributed by atoms with van der Waals surface area (Å²) in [4.78, 5) is 26.8. The maximum atomic E-state index is 12.8. The molecule has 2 fully saturated rings. The van der Waals surface area contributed by atoms with Gasteiger partial charge in [-0.05, 0) is 52.0 Å². The van der Waals surface area contributed by atoms with Crippen molar-refractivity contribution >= 4 is 22.9 Å². The van der Waals surface area contributed by atoms with E-state index in [-0.39, 0.29) is 35.8 Å². The Labute approximate surface area is 171 Å². The highest BCUT2D eigenvalue weighted by molar-refractivity contribution is 5.87. The van der Waals surface area contributed by atoms with Crippen LogP contribution in [-0.2, 0) is 16.6 Å². The van der Waals surface area contributed by atoms with Crippen molar-refractivity contribution < 1.29 is 14.3 Å². The largest absolute Gasteiger partial charge is 0.444 e. The number of amides is 2. The first-order valence-electron chi connectivity index (χ1n) is 10.3. The minimum absolute atomic E-state index is 0.0205. The van der Waals surface area contributed by atoms with Crippen molar-refractivity contribution in [2.24, 2.45) is 24.8 Å². The van der Waals surface area contributed by atoms with E-state index in [2.05, 4.69) is 29.5 Å². The number of hydrogen-bond donors (Lipinski definition) is 1. The summed E-state index contributed by atoms with van der Waals surface area (Å²) in [6, 6.07) is 5.97. The van der Waals surface area contributed by atoms with E-state index >= 15 is 0 Å². The van der Waals surface area contributed by atoms with E-state index in [1.54, 1.807) is 4.90 Å². The lowest BCUT2D eigenvalue weighted by molar-refractivity contribution is -0.124. The molecular formula is C22H30N4O3. The monoisotopic (exact) mass is 398 g/mol. The highest BCUT2D eigenvalue weighted by Gasteiger charge is 2.60. The number of nitrogens with zero attached hydrogens (tertiary/aromatic N) is 3. The molecule has 2 aliphatic rings. The van der Waals surface area contributed by atoms with E-state index in [1.807, 2.05) is 45.5 Å². The number of likely N-dealkylation sites (tertiary alicyclic amines) is 1. The summed E-state index contributed by atoms with van der Waals surface area (Å²) in [5, 5.41) is 8.88. The predicted molar refractivity (Wildman–Crippen MR) is 110 cm³/mol. The first kappa shape index (κ1) is 19.7. The van der Waals surface area contributed by atoms with E-state index in [0.29, 0.717) is 13.1 Å². The van der Waals surface area contributed by atoms with Crippen LogP contribution in [0.1, 0.15) is 45.0 Å².